The van der Waals surface area contributed by atoms with Crippen molar-refractivity contribution in [1.82, 2.24) is 0 Å². The topological polar surface area (TPSA) is 60.7 Å². The van der Waals surface area contributed by atoms with Crippen molar-refractivity contribution in [2.75, 3.05) is 6.61 Å². The van der Waals surface area contributed by atoms with Crippen LogP contribution in [-0.2, 0) is 0 Å². The molecule has 0 amide bonds. The maximum absolute atomic E-state index is 10.1. The number of allylic oxidation sites excluding steroid dienone is 5. The molecule has 0 aromatic carbocycles. The zero-order valence-corrected chi connectivity index (χ0v) is 20.1. The molecule has 0 aliphatic heterocycles. The van der Waals surface area contributed by atoms with Crippen molar-refractivity contribution >= 4 is 0 Å². The van der Waals surface area contributed by atoms with Gasteiger partial charge >= 0.3 is 0 Å². The Labute approximate surface area is 189 Å². The van der Waals surface area contributed by atoms with E-state index < -0.39 is 12.2 Å². The van der Waals surface area contributed by atoms with Crippen LogP contribution in [0.25, 0.3) is 0 Å². The van der Waals surface area contributed by atoms with Gasteiger partial charge in [-0.2, -0.15) is 0 Å². The summed E-state index contributed by atoms with van der Waals surface area (Å²) >= 11 is 0. The molecule has 0 aromatic rings. The van der Waals surface area contributed by atoms with Crippen LogP contribution in [0.3, 0.4) is 0 Å². The summed E-state index contributed by atoms with van der Waals surface area (Å²) in [6.45, 7) is 13.5. The Bertz CT molecular complexity index is 733. The van der Waals surface area contributed by atoms with E-state index in [1.165, 1.54) is 25.7 Å². The summed E-state index contributed by atoms with van der Waals surface area (Å²) in [5.41, 5.74) is 3.66. The van der Waals surface area contributed by atoms with Gasteiger partial charge in [-0.05, 0) is 84.7 Å². The number of rotatable bonds is 6. The Morgan fingerprint density at radius 2 is 1.87 bits per heavy atom. The molecule has 0 bridgehead atoms. The summed E-state index contributed by atoms with van der Waals surface area (Å²) in [6, 6.07) is 0. The Balaban J connectivity index is 1.75. The molecule has 3 fully saturated rings. The number of aliphatic hydroxyl groups is 3. The third-order valence-corrected chi connectivity index (χ3v) is 8.84. The number of hydrogen-bond acceptors (Lipinski definition) is 3. The third kappa shape index (κ3) is 5.26. The number of hydrogen-bond donors (Lipinski definition) is 3. The largest absolute Gasteiger partial charge is 0.396 e. The summed E-state index contributed by atoms with van der Waals surface area (Å²) in [7, 11) is 0. The van der Waals surface area contributed by atoms with Crippen molar-refractivity contribution in [3.8, 4) is 0 Å². The number of aliphatic hydroxyl groups excluding tert-OH is 3. The molecule has 8 atom stereocenters. The van der Waals surface area contributed by atoms with Crippen LogP contribution in [0.4, 0.5) is 0 Å². The summed E-state index contributed by atoms with van der Waals surface area (Å²) in [4.78, 5) is 0. The highest BCUT2D eigenvalue weighted by molar-refractivity contribution is 5.38. The van der Waals surface area contributed by atoms with Crippen LogP contribution in [0.5, 0.6) is 0 Å². The van der Waals surface area contributed by atoms with Crippen molar-refractivity contribution in [2.24, 2.45) is 35.0 Å². The van der Waals surface area contributed by atoms with E-state index in [1.54, 1.807) is 5.57 Å². The summed E-state index contributed by atoms with van der Waals surface area (Å²) in [6.07, 6.45) is 15.3. The minimum Gasteiger partial charge on any atom is -0.396 e. The Morgan fingerprint density at radius 1 is 1.13 bits per heavy atom. The van der Waals surface area contributed by atoms with Crippen molar-refractivity contribution in [3.63, 3.8) is 0 Å². The van der Waals surface area contributed by atoms with E-state index in [-0.39, 0.29) is 6.61 Å². The molecular formula is C28H44O3. The molecule has 3 aliphatic rings. The molecule has 3 rings (SSSR count). The fourth-order valence-corrected chi connectivity index (χ4v) is 6.45. The van der Waals surface area contributed by atoms with Crippen molar-refractivity contribution in [2.45, 2.75) is 84.8 Å². The molecule has 0 aromatic heterocycles. The van der Waals surface area contributed by atoms with Crippen molar-refractivity contribution < 1.29 is 15.3 Å². The van der Waals surface area contributed by atoms with Gasteiger partial charge in [0, 0.05) is 13.0 Å². The molecule has 3 N–H and O–H groups in total. The van der Waals surface area contributed by atoms with E-state index in [0.29, 0.717) is 47.8 Å². The second-order valence-corrected chi connectivity index (χ2v) is 10.9. The Hall–Kier alpha value is -1.16. The molecule has 3 aliphatic carbocycles. The Kier molecular flexibility index (Phi) is 8.05. The maximum Gasteiger partial charge on any atom is 0.0811 e. The van der Waals surface area contributed by atoms with Gasteiger partial charge in [-0.15, -0.1) is 0 Å². The van der Waals surface area contributed by atoms with E-state index >= 15 is 0 Å². The molecule has 3 heteroatoms. The normalized spacial score (nSPS) is 39.8. The first-order valence-corrected chi connectivity index (χ1v) is 12.4. The van der Waals surface area contributed by atoms with Gasteiger partial charge < -0.3 is 15.3 Å². The van der Waals surface area contributed by atoms with Gasteiger partial charge in [0.15, 0.2) is 0 Å². The summed E-state index contributed by atoms with van der Waals surface area (Å²) in [5, 5.41) is 29.6. The quantitative estimate of drug-likeness (QED) is 0.484. The van der Waals surface area contributed by atoms with E-state index in [1.807, 2.05) is 0 Å². The predicted molar refractivity (Wildman–Crippen MR) is 128 cm³/mol. The van der Waals surface area contributed by atoms with Crippen LogP contribution in [0.2, 0.25) is 0 Å². The lowest BCUT2D eigenvalue weighted by molar-refractivity contribution is 0.0862. The van der Waals surface area contributed by atoms with Crippen molar-refractivity contribution in [3.05, 3.63) is 47.6 Å². The maximum atomic E-state index is 10.1. The van der Waals surface area contributed by atoms with Gasteiger partial charge in [-0.1, -0.05) is 64.2 Å². The predicted octanol–water partition coefficient (Wildman–Crippen LogP) is 5.58. The molecule has 0 radical (unpaired) electrons. The molecule has 2 unspecified atom stereocenters. The average molecular weight is 429 g/mol. The smallest absolute Gasteiger partial charge is 0.0811 e. The lowest BCUT2D eigenvalue weighted by Gasteiger charge is -2.44. The molecule has 174 valence electrons. The molecule has 31 heavy (non-hydrogen) atoms. The third-order valence-electron chi connectivity index (χ3n) is 8.84. The van der Waals surface area contributed by atoms with Crippen LogP contribution < -0.4 is 0 Å². The van der Waals surface area contributed by atoms with E-state index in [0.717, 1.165) is 17.6 Å². The van der Waals surface area contributed by atoms with Crippen molar-refractivity contribution in [1.29, 1.82) is 0 Å². The number of fused-ring (bicyclic) bond motifs is 1. The minimum atomic E-state index is -0.621. The lowest BCUT2D eigenvalue weighted by atomic mass is 9.61. The fourth-order valence-electron chi connectivity index (χ4n) is 6.45. The summed E-state index contributed by atoms with van der Waals surface area (Å²) in [5.74, 6) is 2.57. The van der Waals surface area contributed by atoms with Crippen LogP contribution in [0, 0.1) is 35.0 Å². The first-order chi connectivity index (χ1) is 14.7. The first kappa shape index (κ1) is 24.5. The molecule has 0 spiro atoms. The first-order valence-electron chi connectivity index (χ1n) is 12.4. The Morgan fingerprint density at radius 3 is 2.58 bits per heavy atom. The second kappa shape index (κ2) is 10.2. The highest BCUT2D eigenvalue weighted by Crippen LogP contribution is 2.59. The molecule has 0 saturated heterocycles. The zero-order valence-electron chi connectivity index (χ0n) is 20.1. The standard InChI is InChI=1S/C28H44O3/c1-18(20(3)17-29)8-9-19(2)25-12-13-26-22(7-6-14-28(25,26)5)10-11-23-15-24(30)16-27(31)21(23)4/h8-11,18-20,24-27,29-31H,4,6-7,12-17H2,1-3,5H3/b9-8+,22-10?,23-11?/t18-,19+,20?,24+,25+,26?,27-,28+/m0/s1. The minimum absolute atomic E-state index is 0.243. The van der Waals surface area contributed by atoms with Gasteiger partial charge in [0.1, 0.15) is 0 Å². The molecule has 3 nitrogen and oxygen atoms in total. The van der Waals surface area contributed by atoms with E-state index in [9.17, 15) is 15.3 Å². The SMILES string of the molecule is C=C1C(=CC=C2CCC[C@@]3(C)C2CC[C@@H]3[C@H](C)/C=C/[C@H](C)C(C)CO)C[C@@H](O)C[C@@H]1O. The summed E-state index contributed by atoms with van der Waals surface area (Å²) < 4.78 is 0. The van der Waals surface area contributed by atoms with Gasteiger partial charge in [-0.3, -0.25) is 0 Å². The molecule has 0 heterocycles. The second-order valence-electron chi connectivity index (χ2n) is 10.9. The van der Waals surface area contributed by atoms with Crippen LogP contribution in [-0.4, -0.2) is 34.1 Å². The van der Waals surface area contributed by atoms with Gasteiger partial charge in [-0.25, -0.2) is 0 Å². The average Bonchev–Trinajstić information content (AvgIpc) is 3.10. The highest BCUT2D eigenvalue weighted by Gasteiger charge is 2.50. The van der Waals surface area contributed by atoms with E-state index in [4.69, 9.17) is 0 Å². The van der Waals surface area contributed by atoms with Crippen LogP contribution in [0.15, 0.2) is 47.6 Å². The molecular weight excluding hydrogens is 384 g/mol. The van der Waals surface area contributed by atoms with Gasteiger partial charge in [0.25, 0.3) is 0 Å². The van der Waals surface area contributed by atoms with Gasteiger partial charge in [0.05, 0.1) is 12.2 Å². The van der Waals surface area contributed by atoms with Gasteiger partial charge in [0.2, 0.25) is 0 Å². The molecule has 3 saturated carbocycles. The van der Waals surface area contributed by atoms with E-state index in [2.05, 4.69) is 58.6 Å². The highest BCUT2D eigenvalue weighted by atomic mass is 16.3. The zero-order chi connectivity index (χ0) is 22.8. The van der Waals surface area contributed by atoms with Crippen LogP contribution in [0.1, 0.15) is 72.6 Å². The van der Waals surface area contributed by atoms with Crippen LogP contribution >= 0.6 is 0 Å². The monoisotopic (exact) mass is 428 g/mol. The fraction of sp³-hybridized carbons (Fsp3) is 0.714. The lowest BCUT2D eigenvalue weighted by Crippen LogP contribution is -2.35.